The summed E-state index contributed by atoms with van der Waals surface area (Å²) < 4.78 is 4.91. The van der Waals surface area contributed by atoms with Crippen LogP contribution in [0, 0.1) is 5.92 Å². The summed E-state index contributed by atoms with van der Waals surface area (Å²) >= 11 is 0. The summed E-state index contributed by atoms with van der Waals surface area (Å²) in [5.74, 6) is 0.285. The molecular weight excluding hydrogens is 166 g/mol. The zero-order valence-electron chi connectivity index (χ0n) is 9.09. The maximum atomic E-state index is 11.5. The van der Waals surface area contributed by atoms with E-state index in [2.05, 4.69) is 0 Å². The van der Waals surface area contributed by atoms with Crippen LogP contribution < -0.4 is 5.73 Å². The summed E-state index contributed by atoms with van der Waals surface area (Å²) in [6, 6.07) is 0. The Morgan fingerprint density at radius 3 is 2.46 bits per heavy atom. The molecule has 0 rings (SSSR count). The third-order valence-corrected chi connectivity index (χ3v) is 1.93. The van der Waals surface area contributed by atoms with Crippen molar-refractivity contribution in [1.29, 1.82) is 0 Å². The number of Topliss-reactive ketones (excluding diaryl/α,β-unsaturated/α-hetero) is 1. The summed E-state index contributed by atoms with van der Waals surface area (Å²) in [4.78, 5) is 11.5. The highest BCUT2D eigenvalue weighted by atomic mass is 16.5. The van der Waals surface area contributed by atoms with Gasteiger partial charge in [0.15, 0.2) is 0 Å². The third-order valence-electron chi connectivity index (χ3n) is 1.93. The zero-order valence-corrected chi connectivity index (χ0v) is 9.09. The Morgan fingerprint density at radius 2 is 2.08 bits per heavy atom. The van der Waals surface area contributed by atoms with Gasteiger partial charge in [0, 0.05) is 31.6 Å². The van der Waals surface area contributed by atoms with Gasteiger partial charge in [0.05, 0.1) is 0 Å². The molecule has 13 heavy (non-hydrogen) atoms. The second-order valence-electron chi connectivity index (χ2n) is 4.31. The molecular formula is C10H21NO2. The van der Waals surface area contributed by atoms with E-state index in [0.717, 1.165) is 6.42 Å². The first-order chi connectivity index (χ1) is 5.87. The molecule has 0 aromatic heterocycles. The fraction of sp³-hybridized carbons (Fsp3) is 0.900. The van der Waals surface area contributed by atoms with Crippen molar-refractivity contribution in [2.45, 2.75) is 39.2 Å². The molecule has 0 saturated carbocycles. The maximum Gasteiger partial charge on any atom is 0.137 e. The molecule has 0 aliphatic carbocycles. The molecule has 0 spiro atoms. The molecule has 0 bridgehead atoms. The molecule has 2 N–H and O–H groups in total. The van der Waals surface area contributed by atoms with Gasteiger partial charge in [0.1, 0.15) is 5.78 Å². The van der Waals surface area contributed by atoms with Gasteiger partial charge in [-0.25, -0.2) is 0 Å². The van der Waals surface area contributed by atoms with Crippen molar-refractivity contribution in [2.75, 3.05) is 13.7 Å². The first-order valence-electron chi connectivity index (χ1n) is 4.67. The van der Waals surface area contributed by atoms with Crippen molar-refractivity contribution in [3.8, 4) is 0 Å². The van der Waals surface area contributed by atoms with Crippen molar-refractivity contribution in [1.82, 2.24) is 0 Å². The van der Waals surface area contributed by atoms with Crippen LogP contribution in [0.2, 0.25) is 0 Å². The smallest absolute Gasteiger partial charge is 0.137 e. The number of nitrogens with two attached hydrogens (primary N) is 1. The summed E-state index contributed by atoms with van der Waals surface area (Å²) in [7, 11) is 1.64. The highest BCUT2D eigenvalue weighted by Gasteiger charge is 2.20. The highest BCUT2D eigenvalue weighted by molar-refractivity contribution is 5.81. The number of ketones is 1. The fourth-order valence-electron chi connectivity index (χ4n) is 1.08. The van der Waals surface area contributed by atoms with E-state index in [-0.39, 0.29) is 11.7 Å². The lowest BCUT2D eigenvalue weighted by Gasteiger charge is -2.19. The van der Waals surface area contributed by atoms with Gasteiger partial charge in [-0.1, -0.05) is 6.92 Å². The van der Waals surface area contributed by atoms with Gasteiger partial charge >= 0.3 is 0 Å². The minimum Gasteiger partial charge on any atom is -0.385 e. The van der Waals surface area contributed by atoms with E-state index in [4.69, 9.17) is 10.5 Å². The van der Waals surface area contributed by atoms with Crippen molar-refractivity contribution in [2.24, 2.45) is 11.7 Å². The standard InChI is InChI=1S/C10H21NO2/c1-8(5-6-13-4)9(12)7-10(2,3)11/h8H,5-7,11H2,1-4H3. The number of ether oxygens (including phenoxy) is 1. The predicted octanol–water partition coefficient (Wildman–Crippen LogP) is 1.36. The normalized spacial score (nSPS) is 14.2. The SMILES string of the molecule is COCCC(C)C(=O)CC(C)(C)N. The molecule has 0 heterocycles. The second kappa shape index (κ2) is 5.35. The van der Waals surface area contributed by atoms with Gasteiger partial charge in [-0.05, 0) is 20.3 Å². The molecule has 0 amide bonds. The monoisotopic (exact) mass is 187 g/mol. The van der Waals surface area contributed by atoms with Crippen LogP contribution in [0.3, 0.4) is 0 Å². The molecule has 1 unspecified atom stereocenters. The Bertz CT molecular complexity index is 161. The predicted molar refractivity (Wildman–Crippen MR) is 53.5 cm³/mol. The van der Waals surface area contributed by atoms with Gasteiger partial charge in [0.2, 0.25) is 0 Å². The molecule has 3 nitrogen and oxygen atoms in total. The molecule has 0 radical (unpaired) electrons. The van der Waals surface area contributed by atoms with E-state index in [1.54, 1.807) is 7.11 Å². The van der Waals surface area contributed by atoms with Crippen LogP contribution in [-0.2, 0) is 9.53 Å². The topological polar surface area (TPSA) is 52.3 Å². The molecule has 0 fully saturated rings. The molecule has 0 aliphatic heterocycles. The van der Waals surface area contributed by atoms with Crippen LogP contribution in [0.4, 0.5) is 0 Å². The Morgan fingerprint density at radius 1 is 1.54 bits per heavy atom. The quantitative estimate of drug-likeness (QED) is 0.683. The average molecular weight is 187 g/mol. The summed E-state index contributed by atoms with van der Waals surface area (Å²) in [5.41, 5.74) is 5.36. The molecule has 1 atom stereocenters. The van der Waals surface area contributed by atoms with E-state index in [0.29, 0.717) is 13.0 Å². The van der Waals surface area contributed by atoms with Crippen molar-refractivity contribution in [3.05, 3.63) is 0 Å². The van der Waals surface area contributed by atoms with Crippen LogP contribution in [0.1, 0.15) is 33.6 Å². The average Bonchev–Trinajstić information content (AvgIpc) is 1.96. The number of carbonyl (C=O) groups is 1. The molecule has 0 aliphatic rings. The third kappa shape index (κ3) is 6.72. The Hall–Kier alpha value is -0.410. The second-order valence-corrected chi connectivity index (χ2v) is 4.31. The fourth-order valence-corrected chi connectivity index (χ4v) is 1.08. The van der Waals surface area contributed by atoms with Gasteiger partial charge in [-0.2, -0.15) is 0 Å². The van der Waals surface area contributed by atoms with Crippen molar-refractivity contribution in [3.63, 3.8) is 0 Å². The van der Waals surface area contributed by atoms with Gasteiger partial charge in [-0.15, -0.1) is 0 Å². The number of methoxy groups -OCH3 is 1. The van der Waals surface area contributed by atoms with E-state index in [9.17, 15) is 4.79 Å². The Kier molecular flexibility index (Phi) is 5.18. The van der Waals surface area contributed by atoms with Crippen LogP contribution >= 0.6 is 0 Å². The number of rotatable bonds is 6. The van der Waals surface area contributed by atoms with E-state index < -0.39 is 5.54 Å². The summed E-state index contributed by atoms with van der Waals surface area (Å²) in [6.45, 7) is 6.30. The Balaban J connectivity index is 3.83. The molecule has 78 valence electrons. The van der Waals surface area contributed by atoms with Gasteiger partial charge in [0.25, 0.3) is 0 Å². The minimum atomic E-state index is -0.390. The number of carbonyl (C=O) groups excluding carboxylic acids is 1. The first kappa shape index (κ1) is 12.6. The van der Waals surface area contributed by atoms with Crippen LogP contribution in [-0.4, -0.2) is 25.0 Å². The molecule has 0 aromatic carbocycles. The van der Waals surface area contributed by atoms with Gasteiger partial charge in [-0.3, -0.25) is 4.79 Å². The molecule has 3 heteroatoms. The largest absolute Gasteiger partial charge is 0.385 e. The maximum absolute atomic E-state index is 11.5. The van der Waals surface area contributed by atoms with E-state index in [1.807, 2.05) is 20.8 Å². The summed E-state index contributed by atoms with van der Waals surface area (Å²) in [6.07, 6.45) is 1.23. The van der Waals surface area contributed by atoms with Gasteiger partial charge < -0.3 is 10.5 Å². The van der Waals surface area contributed by atoms with E-state index in [1.165, 1.54) is 0 Å². The molecule has 0 aromatic rings. The lowest BCUT2D eigenvalue weighted by Crippen LogP contribution is -2.36. The molecule has 0 saturated heterocycles. The highest BCUT2D eigenvalue weighted by Crippen LogP contribution is 2.12. The van der Waals surface area contributed by atoms with Crippen LogP contribution in [0.5, 0.6) is 0 Å². The van der Waals surface area contributed by atoms with Crippen LogP contribution in [0.25, 0.3) is 0 Å². The lowest BCUT2D eigenvalue weighted by molar-refractivity contribution is -0.123. The van der Waals surface area contributed by atoms with Crippen LogP contribution in [0.15, 0.2) is 0 Å². The summed E-state index contributed by atoms with van der Waals surface area (Å²) in [5, 5.41) is 0. The number of hydrogen-bond donors (Lipinski definition) is 1. The lowest BCUT2D eigenvalue weighted by atomic mass is 9.91. The van der Waals surface area contributed by atoms with E-state index >= 15 is 0 Å². The Labute approximate surface area is 80.6 Å². The van der Waals surface area contributed by atoms with Crippen molar-refractivity contribution >= 4 is 5.78 Å². The van der Waals surface area contributed by atoms with Crippen molar-refractivity contribution < 1.29 is 9.53 Å². The first-order valence-corrected chi connectivity index (χ1v) is 4.67. The number of hydrogen-bond acceptors (Lipinski definition) is 3. The zero-order chi connectivity index (χ0) is 10.5. The minimum absolute atomic E-state index is 0.0581.